The zero-order valence-corrected chi connectivity index (χ0v) is 15.5. The first-order valence-corrected chi connectivity index (χ1v) is 8.18. The van der Waals surface area contributed by atoms with Gasteiger partial charge in [0.1, 0.15) is 0 Å². The molecule has 7 nitrogen and oxygen atoms in total. The summed E-state index contributed by atoms with van der Waals surface area (Å²) in [5.41, 5.74) is 1.11. The van der Waals surface area contributed by atoms with Gasteiger partial charge in [0.15, 0.2) is 11.9 Å². The Balaban J connectivity index is 2.14. The maximum Gasteiger partial charge on any atom is 0.425 e. The van der Waals surface area contributed by atoms with Crippen LogP contribution in [0.4, 0.5) is 4.79 Å². The number of hydrogen-bond donors (Lipinski definition) is 0. The van der Waals surface area contributed by atoms with Gasteiger partial charge >= 0.3 is 12.1 Å². The Hall–Kier alpha value is -2.51. The van der Waals surface area contributed by atoms with Crippen LogP contribution < -0.4 is 0 Å². The van der Waals surface area contributed by atoms with Crippen molar-refractivity contribution in [3.05, 3.63) is 47.5 Å². The van der Waals surface area contributed by atoms with Crippen LogP contribution in [0.1, 0.15) is 38.1 Å². The number of hydrogen-bond acceptors (Lipinski definition) is 6. The van der Waals surface area contributed by atoms with Crippen molar-refractivity contribution >= 4 is 18.0 Å². The summed E-state index contributed by atoms with van der Waals surface area (Å²) in [6.07, 6.45) is -0.202. The van der Waals surface area contributed by atoms with Gasteiger partial charge in [0.2, 0.25) is 0 Å². The third kappa shape index (κ3) is 4.36. The van der Waals surface area contributed by atoms with E-state index in [0.29, 0.717) is 0 Å². The molecule has 0 spiro atoms. The minimum atomic E-state index is -1.03. The van der Waals surface area contributed by atoms with Crippen molar-refractivity contribution in [2.45, 2.75) is 45.6 Å². The fourth-order valence-corrected chi connectivity index (χ4v) is 2.43. The number of carbonyl (C=O) groups is 3. The van der Waals surface area contributed by atoms with Crippen LogP contribution in [0, 0.1) is 0 Å². The maximum atomic E-state index is 12.4. The molecule has 1 aliphatic heterocycles. The smallest absolute Gasteiger partial charge is 0.372 e. The molecular formula is C19H23NO6. The third-order valence-corrected chi connectivity index (χ3v) is 3.88. The van der Waals surface area contributed by atoms with E-state index in [-0.39, 0.29) is 5.56 Å². The number of rotatable bonds is 5. The molecule has 140 valence electrons. The minimum absolute atomic E-state index is 0.223. The van der Waals surface area contributed by atoms with Crippen LogP contribution in [-0.4, -0.2) is 47.9 Å². The molecule has 2 rings (SSSR count). The number of amides is 2. The van der Waals surface area contributed by atoms with Gasteiger partial charge in [-0.25, -0.2) is 14.5 Å². The van der Waals surface area contributed by atoms with Gasteiger partial charge < -0.3 is 14.2 Å². The standard InChI is InChI=1S/C19H23NO6/c1-12(2)11-14-15(26-19(3,4)24-5)16(21)20(14)18(23)25-17(22)13-9-7-6-8-10-13/h6-11,14-15H,1-5H3/t14-,15+/m1/s1. The van der Waals surface area contributed by atoms with E-state index >= 15 is 0 Å². The highest BCUT2D eigenvalue weighted by molar-refractivity contribution is 6.06. The van der Waals surface area contributed by atoms with Gasteiger partial charge in [-0.15, -0.1) is 0 Å². The topological polar surface area (TPSA) is 82.1 Å². The van der Waals surface area contributed by atoms with Crippen molar-refractivity contribution < 1.29 is 28.6 Å². The summed E-state index contributed by atoms with van der Waals surface area (Å²) in [5, 5.41) is 0. The van der Waals surface area contributed by atoms with Gasteiger partial charge in [-0.3, -0.25) is 4.79 Å². The van der Waals surface area contributed by atoms with Gasteiger partial charge in [0.25, 0.3) is 5.91 Å². The van der Waals surface area contributed by atoms with E-state index in [1.807, 2.05) is 13.8 Å². The Kier molecular flexibility index (Phi) is 5.94. The van der Waals surface area contributed by atoms with Crippen LogP contribution in [0.5, 0.6) is 0 Å². The van der Waals surface area contributed by atoms with E-state index in [4.69, 9.17) is 14.2 Å². The molecule has 0 aromatic heterocycles. The Morgan fingerprint density at radius 3 is 2.31 bits per heavy atom. The lowest BCUT2D eigenvalue weighted by Crippen LogP contribution is -2.68. The number of ether oxygens (including phenoxy) is 3. The number of nitrogens with zero attached hydrogens (tertiary/aromatic N) is 1. The summed E-state index contributed by atoms with van der Waals surface area (Å²) in [5.74, 6) is -2.39. The molecule has 2 atom stereocenters. The van der Waals surface area contributed by atoms with Crippen molar-refractivity contribution in [2.24, 2.45) is 0 Å². The van der Waals surface area contributed by atoms with E-state index in [1.165, 1.54) is 19.2 Å². The Labute approximate surface area is 152 Å². The van der Waals surface area contributed by atoms with Crippen LogP contribution in [-0.2, 0) is 19.0 Å². The molecule has 1 saturated heterocycles. The lowest BCUT2D eigenvalue weighted by Gasteiger charge is -2.45. The van der Waals surface area contributed by atoms with Crippen molar-refractivity contribution in [1.82, 2.24) is 4.90 Å². The van der Waals surface area contributed by atoms with Gasteiger partial charge in [-0.2, -0.15) is 0 Å². The van der Waals surface area contributed by atoms with Crippen molar-refractivity contribution in [1.29, 1.82) is 0 Å². The lowest BCUT2D eigenvalue weighted by atomic mass is 9.96. The molecule has 0 bridgehead atoms. The molecule has 0 unspecified atom stereocenters. The average molecular weight is 361 g/mol. The number of imide groups is 1. The number of allylic oxidation sites excluding steroid dienone is 1. The number of β-lactam (4-membered cyclic amide) rings is 1. The van der Waals surface area contributed by atoms with Crippen molar-refractivity contribution in [2.75, 3.05) is 7.11 Å². The highest BCUT2D eigenvalue weighted by Crippen LogP contribution is 2.30. The van der Waals surface area contributed by atoms with Crippen LogP contribution in [0.25, 0.3) is 0 Å². The zero-order valence-electron chi connectivity index (χ0n) is 15.5. The Morgan fingerprint density at radius 1 is 1.15 bits per heavy atom. The molecule has 1 aromatic rings. The molecule has 0 radical (unpaired) electrons. The van der Waals surface area contributed by atoms with Gasteiger partial charge in [-0.05, 0) is 39.8 Å². The molecule has 1 heterocycles. The largest absolute Gasteiger partial charge is 0.425 e. The second-order valence-corrected chi connectivity index (χ2v) is 6.61. The summed E-state index contributed by atoms with van der Waals surface area (Å²) in [7, 11) is 1.46. The van der Waals surface area contributed by atoms with E-state index in [1.54, 1.807) is 38.1 Å². The SMILES string of the molecule is COC(C)(C)O[C@@H]1C(=O)N(C(=O)OC(=O)c2ccccc2)[C@@H]1C=C(C)C. The fourth-order valence-electron chi connectivity index (χ4n) is 2.43. The first-order chi connectivity index (χ1) is 12.2. The molecule has 2 amide bonds. The molecule has 1 fully saturated rings. The van der Waals surface area contributed by atoms with E-state index in [2.05, 4.69) is 0 Å². The van der Waals surface area contributed by atoms with Gasteiger partial charge in [-0.1, -0.05) is 29.8 Å². The van der Waals surface area contributed by atoms with Crippen LogP contribution in [0.15, 0.2) is 42.0 Å². The van der Waals surface area contributed by atoms with Crippen LogP contribution in [0.3, 0.4) is 0 Å². The molecule has 1 aromatic carbocycles. The van der Waals surface area contributed by atoms with Gasteiger partial charge in [0, 0.05) is 7.11 Å². The molecular weight excluding hydrogens is 338 g/mol. The normalized spacial score (nSPS) is 19.6. The third-order valence-electron chi connectivity index (χ3n) is 3.88. The van der Waals surface area contributed by atoms with Crippen LogP contribution in [0.2, 0.25) is 0 Å². The first kappa shape index (κ1) is 19.8. The summed E-state index contributed by atoms with van der Waals surface area (Å²) in [6.45, 7) is 7.00. The van der Waals surface area contributed by atoms with Crippen LogP contribution >= 0.6 is 0 Å². The molecule has 7 heteroatoms. The molecule has 26 heavy (non-hydrogen) atoms. The number of esters is 1. The van der Waals surface area contributed by atoms with E-state index in [9.17, 15) is 14.4 Å². The fraction of sp³-hybridized carbons (Fsp3) is 0.421. The lowest BCUT2D eigenvalue weighted by molar-refractivity contribution is -0.246. The molecule has 0 N–H and O–H groups in total. The quantitative estimate of drug-likeness (QED) is 0.264. The van der Waals surface area contributed by atoms with Gasteiger partial charge in [0.05, 0.1) is 11.6 Å². The molecule has 0 aliphatic carbocycles. The number of methoxy groups -OCH3 is 1. The summed E-state index contributed by atoms with van der Waals surface area (Å²) >= 11 is 0. The predicted molar refractivity (Wildman–Crippen MR) is 93.3 cm³/mol. The average Bonchev–Trinajstić information content (AvgIpc) is 2.60. The van der Waals surface area contributed by atoms with Crippen molar-refractivity contribution in [3.8, 4) is 0 Å². The first-order valence-electron chi connectivity index (χ1n) is 8.18. The predicted octanol–water partition coefficient (Wildman–Crippen LogP) is 2.91. The highest BCUT2D eigenvalue weighted by Gasteiger charge is 2.53. The summed E-state index contributed by atoms with van der Waals surface area (Å²) < 4.78 is 15.7. The summed E-state index contributed by atoms with van der Waals surface area (Å²) in [6, 6.07) is 7.42. The molecule has 1 aliphatic rings. The number of likely N-dealkylation sites (tertiary alicyclic amines) is 1. The second-order valence-electron chi connectivity index (χ2n) is 6.61. The second kappa shape index (κ2) is 7.80. The number of carbonyl (C=O) groups excluding carboxylic acids is 3. The minimum Gasteiger partial charge on any atom is -0.372 e. The number of benzene rings is 1. The van der Waals surface area contributed by atoms with Crippen molar-refractivity contribution in [3.63, 3.8) is 0 Å². The highest BCUT2D eigenvalue weighted by atomic mass is 16.7. The Bertz CT molecular complexity index is 721. The zero-order chi connectivity index (χ0) is 19.5. The Morgan fingerprint density at radius 2 is 1.77 bits per heavy atom. The summed E-state index contributed by atoms with van der Waals surface area (Å²) in [4.78, 5) is 37.7. The molecule has 0 saturated carbocycles. The monoisotopic (exact) mass is 361 g/mol. The van der Waals surface area contributed by atoms with E-state index in [0.717, 1.165) is 10.5 Å². The maximum absolute atomic E-state index is 12.4. The van der Waals surface area contributed by atoms with E-state index < -0.39 is 35.9 Å².